The van der Waals surface area contributed by atoms with E-state index in [4.69, 9.17) is 16.9 Å². The predicted molar refractivity (Wildman–Crippen MR) is 69.2 cm³/mol. The van der Waals surface area contributed by atoms with Gasteiger partial charge in [0, 0.05) is 13.7 Å². The zero-order chi connectivity index (χ0) is 14.5. The van der Waals surface area contributed by atoms with Crippen LogP contribution in [0.5, 0.6) is 0 Å². The molecule has 0 aliphatic heterocycles. The maximum absolute atomic E-state index is 12.0. The van der Waals surface area contributed by atoms with Crippen LogP contribution in [0.4, 0.5) is 0 Å². The Balaban J connectivity index is 2.92. The average Bonchev–Trinajstić information content (AvgIpc) is 2.37. The number of methoxy groups -OCH3 is 1. The average molecular weight is 305 g/mol. The van der Waals surface area contributed by atoms with Gasteiger partial charge in [0.25, 0.3) is 0 Å². The number of nitrogens with one attached hydrogen (secondary N) is 1. The molecule has 2 N–H and O–H groups in total. The first-order valence-electron chi connectivity index (χ1n) is 5.27. The molecule has 0 aromatic heterocycles. The largest absolute Gasteiger partial charge is 0.389 e. The van der Waals surface area contributed by atoms with E-state index in [0.717, 1.165) is 0 Å². The van der Waals surface area contributed by atoms with E-state index < -0.39 is 16.1 Å². The molecule has 0 fully saturated rings. The third kappa shape index (κ3) is 4.45. The number of sulfonamides is 1. The number of ether oxygens (including phenoxy) is 1. The van der Waals surface area contributed by atoms with Crippen molar-refractivity contribution in [3.63, 3.8) is 0 Å². The second kappa shape index (κ2) is 6.84. The molecule has 1 atom stereocenters. The predicted octanol–water partition coefficient (Wildman–Crippen LogP) is 0.497. The quantitative estimate of drug-likeness (QED) is 0.797. The molecule has 0 spiro atoms. The minimum atomic E-state index is -3.89. The van der Waals surface area contributed by atoms with Gasteiger partial charge in [-0.2, -0.15) is 5.26 Å². The van der Waals surface area contributed by atoms with Gasteiger partial charge in [-0.15, -0.1) is 0 Å². The Morgan fingerprint density at radius 2 is 2.26 bits per heavy atom. The van der Waals surface area contributed by atoms with Crippen molar-refractivity contribution in [2.75, 3.05) is 20.3 Å². The molecule has 0 saturated carbocycles. The Morgan fingerprint density at radius 1 is 1.58 bits per heavy atom. The van der Waals surface area contributed by atoms with E-state index in [9.17, 15) is 13.5 Å². The third-order valence-corrected chi connectivity index (χ3v) is 4.12. The maximum atomic E-state index is 12.0. The SMILES string of the molecule is COCC(O)CNS(=O)(=O)c1cc(C#N)ccc1Cl. The molecule has 0 heterocycles. The number of nitriles is 1. The van der Waals surface area contributed by atoms with Gasteiger partial charge in [-0.25, -0.2) is 13.1 Å². The van der Waals surface area contributed by atoms with Crippen LogP contribution in [-0.2, 0) is 14.8 Å². The highest BCUT2D eigenvalue weighted by molar-refractivity contribution is 7.89. The highest BCUT2D eigenvalue weighted by atomic mass is 35.5. The van der Waals surface area contributed by atoms with Crippen molar-refractivity contribution in [2.45, 2.75) is 11.0 Å². The topological polar surface area (TPSA) is 99.4 Å². The minimum absolute atomic E-state index is 0.00716. The summed E-state index contributed by atoms with van der Waals surface area (Å²) in [7, 11) is -2.49. The number of aliphatic hydroxyl groups is 1. The van der Waals surface area contributed by atoms with Crippen molar-refractivity contribution < 1.29 is 18.3 Å². The summed E-state index contributed by atoms with van der Waals surface area (Å²) in [5.74, 6) is 0. The number of hydrogen-bond acceptors (Lipinski definition) is 5. The van der Waals surface area contributed by atoms with Crippen molar-refractivity contribution in [1.29, 1.82) is 5.26 Å². The van der Waals surface area contributed by atoms with Gasteiger partial charge in [-0.05, 0) is 18.2 Å². The molecule has 104 valence electrons. The van der Waals surface area contributed by atoms with Crippen LogP contribution >= 0.6 is 11.6 Å². The lowest BCUT2D eigenvalue weighted by Crippen LogP contribution is -2.34. The summed E-state index contributed by atoms with van der Waals surface area (Å²) in [5.41, 5.74) is 0.183. The second-order valence-corrected chi connectivity index (χ2v) is 5.86. The summed E-state index contributed by atoms with van der Waals surface area (Å²) in [6.45, 7) is -0.197. The van der Waals surface area contributed by atoms with Gasteiger partial charge in [0.1, 0.15) is 4.90 Å². The zero-order valence-electron chi connectivity index (χ0n) is 10.1. The van der Waals surface area contributed by atoms with E-state index in [1.54, 1.807) is 0 Å². The van der Waals surface area contributed by atoms with Gasteiger partial charge < -0.3 is 9.84 Å². The van der Waals surface area contributed by atoms with Gasteiger partial charge in [-0.3, -0.25) is 0 Å². The molecule has 0 saturated heterocycles. The van der Waals surface area contributed by atoms with E-state index in [0.29, 0.717) is 0 Å². The van der Waals surface area contributed by atoms with Gasteiger partial charge in [-0.1, -0.05) is 11.6 Å². The molecule has 0 bridgehead atoms. The van der Waals surface area contributed by atoms with Crippen LogP contribution in [-0.4, -0.2) is 39.9 Å². The molecule has 6 nitrogen and oxygen atoms in total. The molecule has 0 amide bonds. The number of rotatable bonds is 6. The van der Waals surface area contributed by atoms with Gasteiger partial charge >= 0.3 is 0 Å². The van der Waals surface area contributed by atoms with Crippen LogP contribution in [0.2, 0.25) is 5.02 Å². The lowest BCUT2D eigenvalue weighted by Gasteiger charge is -2.12. The highest BCUT2D eigenvalue weighted by Crippen LogP contribution is 2.22. The van der Waals surface area contributed by atoms with Crippen LogP contribution < -0.4 is 4.72 Å². The number of halogens is 1. The number of hydrogen-bond donors (Lipinski definition) is 2. The number of aliphatic hydroxyl groups excluding tert-OH is 1. The molecule has 0 radical (unpaired) electrons. The van der Waals surface area contributed by atoms with E-state index in [1.165, 1.54) is 25.3 Å². The summed E-state index contributed by atoms with van der Waals surface area (Å²) in [6, 6.07) is 5.76. The Bertz CT molecular complexity index is 583. The smallest absolute Gasteiger partial charge is 0.242 e. The number of nitrogens with zero attached hydrogens (tertiary/aromatic N) is 1. The minimum Gasteiger partial charge on any atom is -0.389 e. The monoisotopic (exact) mass is 304 g/mol. The van der Waals surface area contributed by atoms with Crippen molar-refractivity contribution in [3.8, 4) is 6.07 Å². The fourth-order valence-electron chi connectivity index (χ4n) is 1.31. The van der Waals surface area contributed by atoms with E-state index in [1.807, 2.05) is 6.07 Å². The molecule has 1 unspecified atom stereocenters. The molecular weight excluding hydrogens is 292 g/mol. The normalized spacial score (nSPS) is 12.9. The van der Waals surface area contributed by atoms with Crippen LogP contribution in [0.1, 0.15) is 5.56 Å². The van der Waals surface area contributed by atoms with Gasteiger partial charge in [0.2, 0.25) is 10.0 Å². The Hall–Kier alpha value is -1.17. The molecule has 0 aliphatic carbocycles. The second-order valence-electron chi connectivity index (χ2n) is 3.72. The first-order chi connectivity index (χ1) is 8.90. The van der Waals surface area contributed by atoms with Crippen molar-refractivity contribution in [3.05, 3.63) is 28.8 Å². The molecule has 0 aliphatic rings. The highest BCUT2D eigenvalue weighted by Gasteiger charge is 2.19. The molecule has 8 heteroatoms. The first-order valence-corrected chi connectivity index (χ1v) is 7.13. The summed E-state index contributed by atoms with van der Waals surface area (Å²) in [5, 5.41) is 18.1. The summed E-state index contributed by atoms with van der Waals surface area (Å²) >= 11 is 5.80. The standard InChI is InChI=1S/C11H13ClN2O4S/c1-18-7-9(15)6-14-19(16,17)11-4-8(5-13)2-3-10(11)12/h2-4,9,14-15H,6-7H2,1H3. The zero-order valence-corrected chi connectivity index (χ0v) is 11.7. The third-order valence-electron chi connectivity index (χ3n) is 2.22. The number of benzene rings is 1. The summed E-state index contributed by atoms with van der Waals surface area (Å²) in [6.07, 6.45) is -0.960. The van der Waals surface area contributed by atoms with E-state index in [-0.39, 0.29) is 28.6 Å². The molecule has 1 aromatic carbocycles. The Morgan fingerprint density at radius 3 is 2.84 bits per heavy atom. The fraction of sp³-hybridized carbons (Fsp3) is 0.364. The van der Waals surface area contributed by atoms with Crippen LogP contribution in [0.3, 0.4) is 0 Å². The maximum Gasteiger partial charge on any atom is 0.242 e. The van der Waals surface area contributed by atoms with Crippen LogP contribution in [0, 0.1) is 11.3 Å². The van der Waals surface area contributed by atoms with Crippen molar-refractivity contribution >= 4 is 21.6 Å². The van der Waals surface area contributed by atoms with E-state index in [2.05, 4.69) is 9.46 Å². The Labute approximate surface area is 116 Å². The fourth-order valence-corrected chi connectivity index (χ4v) is 2.91. The Kier molecular flexibility index (Phi) is 5.72. The van der Waals surface area contributed by atoms with Crippen LogP contribution in [0.15, 0.2) is 23.1 Å². The van der Waals surface area contributed by atoms with Gasteiger partial charge in [0.05, 0.1) is 29.4 Å². The summed E-state index contributed by atoms with van der Waals surface area (Å²) in [4.78, 5) is -0.196. The van der Waals surface area contributed by atoms with Crippen molar-refractivity contribution in [2.24, 2.45) is 0 Å². The summed E-state index contributed by atoms with van der Waals surface area (Å²) < 4.78 is 30.8. The molecule has 1 rings (SSSR count). The molecule has 1 aromatic rings. The lowest BCUT2D eigenvalue weighted by molar-refractivity contribution is 0.0679. The lowest BCUT2D eigenvalue weighted by atomic mass is 10.2. The van der Waals surface area contributed by atoms with Crippen molar-refractivity contribution in [1.82, 2.24) is 4.72 Å². The molecule has 19 heavy (non-hydrogen) atoms. The first kappa shape index (κ1) is 15.9. The van der Waals surface area contributed by atoms with Crippen LogP contribution in [0.25, 0.3) is 0 Å². The molecular formula is C11H13ClN2O4S. The van der Waals surface area contributed by atoms with E-state index >= 15 is 0 Å². The van der Waals surface area contributed by atoms with Gasteiger partial charge in [0.15, 0.2) is 0 Å².